The van der Waals surface area contributed by atoms with Gasteiger partial charge in [0.2, 0.25) is 11.9 Å². The molecule has 2 heterocycles. The summed E-state index contributed by atoms with van der Waals surface area (Å²) in [6, 6.07) is 7.66. The quantitative estimate of drug-likeness (QED) is 0.640. The van der Waals surface area contributed by atoms with Gasteiger partial charge in [-0.05, 0) is 43.9 Å². The van der Waals surface area contributed by atoms with E-state index in [9.17, 15) is 4.79 Å². The molecule has 8 nitrogen and oxygen atoms in total. The fourth-order valence-electron chi connectivity index (χ4n) is 3.75. The number of aromatic nitrogens is 4. The van der Waals surface area contributed by atoms with Crippen molar-refractivity contribution < 1.29 is 4.79 Å². The van der Waals surface area contributed by atoms with Crippen LogP contribution in [0, 0.1) is 5.92 Å². The van der Waals surface area contributed by atoms with Gasteiger partial charge in [0.25, 0.3) is 0 Å². The van der Waals surface area contributed by atoms with Gasteiger partial charge in [0, 0.05) is 36.8 Å². The van der Waals surface area contributed by atoms with Gasteiger partial charge in [-0.25, -0.2) is 19.9 Å². The molecule has 0 unspecified atom stereocenters. The summed E-state index contributed by atoms with van der Waals surface area (Å²) in [5.41, 5.74) is 2.10. The molecule has 1 amide bonds. The smallest absolute Gasteiger partial charge is 0.225 e. The van der Waals surface area contributed by atoms with E-state index in [-0.39, 0.29) is 17.9 Å². The molecule has 4 rings (SSSR count). The fourth-order valence-corrected chi connectivity index (χ4v) is 3.94. The first kappa shape index (κ1) is 20.3. The molecule has 156 valence electrons. The van der Waals surface area contributed by atoms with Crippen molar-refractivity contribution in [2.45, 2.75) is 31.7 Å². The van der Waals surface area contributed by atoms with E-state index in [4.69, 9.17) is 11.6 Å². The molecule has 0 atom stereocenters. The first-order valence-electron chi connectivity index (χ1n) is 9.97. The van der Waals surface area contributed by atoms with E-state index in [1.807, 2.05) is 38.4 Å². The van der Waals surface area contributed by atoms with E-state index in [0.717, 1.165) is 31.4 Å². The first-order chi connectivity index (χ1) is 14.5. The molecule has 2 aromatic heterocycles. The summed E-state index contributed by atoms with van der Waals surface area (Å²) >= 11 is 6.08. The lowest BCUT2D eigenvalue weighted by molar-refractivity contribution is -0.133. The maximum Gasteiger partial charge on any atom is 0.225 e. The number of fused-ring (bicyclic) bond motifs is 1. The summed E-state index contributed by atoms with van der Waals surface area (Å²) in [6.07, 6.45) is 6.72. The summed E-state index contributed by atoms with van der Waals surface area (Å²) in [6.45, 7) is 0. The predicted octanol–water partition coefficient (Wildman–Crippen LogP) is 3.88. The summed E-state index contributed by atoms with van der Waals surface area (Å²) in [7, 11) is 3.62. The Labute approximate surface area is 180 Å². The highest BCUT2D eigenvalue weighted by Crippen LogP contribution is 2.28. The Morgan fingerprint density at radius 3 is 2.67 bits per heavy atom. The third kappa shape index (κ3) is 4.59. The number of hydrogen-bond acceptors (Lipinski definition) is 7. The van der Waals surface area contributed by atoms with Crippen LogP contribution in [0.2, 0.25) is 5.02 Å². The lowest BCUT2D eigenvalue weighted by atomic mass is 9.85. The van der Waals surface area contributed by atoms with Gasteiger partial charge in [0.05, 0.1) is 6.20 Å². The van der Waals surface area contributed by atoms with Crippen molar-refractivity contribution in [3.8, 4) is 0 Å². The molecule has 9 heteroatoms. The molecule has 0 radical (unpaired) electrons. The molecule has 0 bridgehead atoms. The Balaban J connectivity index is 1.49. The Hall–Kier alpha value is -3.00. The second-order valence-corrected chi connectivity index (χ2v) is 8.15. The number of carbonyl (C=O) groups excluding carboxylic acids is 1. The van der Waals surface area contributed by atoms with Crippen molar-refractivity contribution >= 4 is 46.0 Å². The van der Waals surface area contributed by atoms with E-state index in [1.54, 1.807) is 11.1 Å². The van der Waals surface area contributed by atoms with Crippen LogP contribution in [-0.4, -0.2) is 50.9 Å². The number of nitrogens with zero attached hydrogens (tertiary/aromatic N) is 5. The Kier molecular flexibility index (Phi) is 5.94. The zero-order valence-corrected chi connectivity index (χ0v) is 17.7. The molecular formula is C21H24ClN7O. The van der Waals surface area contributed by atoms with Crippen LogP contribution in [0.4, 0.5) is 17.5 Å². The largest absolute Gasteiger partial charge is 0.351 e. The minimum absolute atomic E-state index is 0.109. The van der Waals surface area contributed by atoms with Gasteiger partial charge in [-0.2, -0.15) is 0 Å². The van der Waals surface area contributed by atoms with Crippen LogP contribution in [-0.2, 0) is 4.79 Å². The van der Waals surface area contributed by atoms with Crippen LogP contribution < -0.4 is 10.6 Å². The van der Waals surface area contributed by atoms with E-state index < -0.39 is 0 Å². The molecular weight excluding hydrogens is 402 g/mol. The third-order valence-electron chi connectivity index (χ3n) is 5.32. The van der Waals surface area contributed by atoms with Gasteiger partial charge in [0.1, 0.15) is 17.4 Å². The van der Waals surface area contributed by atoms with Crippen LogP contribution in [0.1, 0.15) is 25.7 Å². The van der Waals surface area contributed by atoms with E-state index in [0.29, 0.717) is 27.8 Å². The second kappa shape index (κ2) is 8.79. The Bertz CT molecular complexity index is 1050. The Morgan fingerprint density at radius 1 is 1.13 bits per heavy atom. The molecule has 2 N–H and O–H groups in total. The zero-order chi connectivity index (χ0) is 21.1. The summed E-state index contributed by atoms with van der Waals surface area (Å²) in [5.74, 6) is 1.45. The lowest BCUT2D eigenvalue weighted by Gasteiger charge is -2.29. The predicted molar refractivity (Wildman–Crippen MR) is 118 cm³/mol. The van der Waals surface area contributed by atoms with Crippen LogP contribution in [0.25, 0.3) is 11.0 Å². The second-order valence-electron chi connectivity index (χ2n) is 7.71. The van der Waals surface area contributed by atoms with Gasteiger partial charge in [-0.1, -0.05) is 17.7 Å². The number of carbonyl (C=O) groups is 1. The highest BCUT2D eigenvalue weighted by atomic mass is 35.5. The number of hydrogen-bond donors (Lipinski definition) is 2. The van der Waals surface area contributed by atoms with Crippen molar-refractivity contribution in [1.82, 2.24) is 24.8 Å². The summed E-state index contributed by atoms with van der Waals surface area (Å²) in [4.78, 5) is 31.5. The molecule has 1 aliphatic carbocycles. The standard InChI is InChI=1S/C21H24ClN7O/c1-29(2)20(30)13-6-8-15(9-7-13)27-21-23-11-17-18(28-21)19(25-12-24-17)26-16-5-3-4-14(22)10-16/h3-5,10-13,15H,6-9H2,1-2H3,(H,23,27,28)(H,24,25,26). The normalized spacial score (nSPS) is 18.8. The monoisotopic (exact) mass is 425 g/mol. The number of rotatable bonds is 5. The lowest BCUT2D eigenvalue weighted by Crippen LogP contribution is -2.35. The minimum atomic E-state index is 0.109. The van der Waals surface area contributed by atoms with Gasteiger partial charge in [-0.3, -0.25) is 4.79 Å². The highest BCUT2D eigenvalue weighted by Gasteiger charge is 2.27. The zero-order valence-electron chi connectivity index (χ0n) is 17.0. The summed E-state index contributed by atoms with van der Waals surface area (Å²) in [5, 5.41) is 7.30. The molecule has 1 aromatic carbocycles. The average molecular weight is 426 g/mol. The van der Waals surface area contributed by atoms with Crippen molar-refractivity contribution in [3.63, 3.8) is 0 Å². The molecule has 1 aliphatic rings. The van der Waals surface area contributed by atoms with E-state index in [1.165, 1.54) is 6.33 Å². The Morgan fingerprint density at radius 2 is 1.93 bits per heavy atom. The number of anilines is 3. The van der Waals surface area contributed by atoms with Crippen LogP contribution in [0.5, 0.6) is 0 Å². The SMILES string of the molecule is CN(C)C(=O)C1CCC(Nc2ncc3ncnc(Nc4cccc(Cl)c4)c3n2)CC1. The molecule has 1 fully saturated rings. The topological polar surface area (TPSA) is 95.9 Å². The molecule has 0 aliphatic heterocycles. The first-order valence-corrected chi connectivity index (χ1v) is 10.4. The number of nitrogens with one attached hydrogen (secondary N) is 2. The van der Waals surface area contributed by atoms with Gasteiger partial charge in [-0.15, -0.1) is 0 Å². The van der Waals surface area contributed by atoms with Crippen molar-refractivity contribution in [3.05, 3.63) is 41.8 Å². The van der Waals surface area contributed by atoms with Gasteiger partial charge < -0.3 is 15.5 Å². The molecule has 30 heavy (non-hydrogen) atoms. The summed E-state index contributed by atoms with van der Waals surface area (Å²) < 4.78 is 0. The maximum atomic E-state index is 12.2. The van der Waals surface area contributed by atoms with Crippen molar-refractivity contribution in [2.24, 2.45) is 5.92 Å². The number of benzene rings is 1. The van der Waals surface area contributed by atoms with Gasteiger partial charge >= 0.3 is 0 Å². The van der Waals surface area contributed by atoms with E-state index in [2.05, 4.69) is 30.6 Å². The van der Waals surface area contributed by atoms with Crippen LogP contribution >= 0.6 is 11.6 Å². The fraction of sp³-hybridized carbons (Fsp3) is 0.381. The maximum absolute atomic E-state index is 12.2. The highest BCUT2D eigenvalue weighted by molar-refractivity contribution is 6.30. The molecule has 0 spiro atoms. The van der Waals surface area contributed by atoms with E-state index >= 15 is 0 Å². The number of halogens is 1. The number of amides is 1. The third-order valence-corrected chi connectivity index (χ3v) is 5.55. The van der Waals surface area contributed by atoms with Crippen molar-refractivity contribution in [1.29, 1.82) is 0 Å². The minimum Gasteiger partial charge on any atom is -0.351 e. The molecule has 3 aromatic rings. The van der Waals surface area contributed by atoms with Gasteiger partial charge in [0.15, 0.2) is 5.82 Å². The van der Waals surface area contributed by atoms with Crippen LogP contribution in [0.3, 0.4) is 0 Å². The molecule has 0 saturated heterocycles. The van der Waals surface area contributed by atoms with Crippen LogP contribution in [0.15, 0.2) is 36.8 Å². The molecule has 1 saturated carbocycles. The average Bonchev–Trinajstić information content (AvgIpc) is 2.74. The van der Waals surface area contributed by atoms with Crippen molar-refractivity contribution in [2.75, 3.05) is 24.7 Å².